The van der Waals surface area contributed by atoms with E-state index in [1.54, 1.807) is 13.1 Å². The molecule has 0 fully saturated rings. The highest BCUT2D eigenvalue weighted by Crippen LogP contribution is 2.06. The van der Waals surface area contributed by atoms with Gasteiger partial charge in [-0.1, -0.05) is 0 Å². The van der Waals surface area contributed by atoms with Gasteiger partial charge in [0, 0.05) is 6.20 Å². The van der Waals surface area contributed by atoms with Crippen molar-refractivity contribution in [2.75, 3.05) is 5.32 Å². The van der Waals surface area contributed by atoms with Gasteiger partial charge in [0.05, 0.1) is 0 Å². The molecule has 1 unspecified atom stereocenters. The zero-order valence-corrected chi connectivity index (χ0v) is 7.74. The molecule has 1 atom stereocenters. The minimum Gasteiger partial charge on any atom is -0.368 e. The molecule has 0 saturated heterocycles. The lowest BCUT2D eigenvalue weighted by Crippen LogP contribution is -2.32. The van der Waals surface area contributed by atoms with Crippen molar-refractivity contribution in [1.29, 1.82) is 0 Å². The molecule has 1 heterocycles. The van der Waals surface area contributed by atoms with Crippen LogP contribution < -0.4 is 11.1 Å². The van der Waals surface area contributed by atoms with Crippen LogP contribution in [-0.2, 0) is 4.79 Å². The van der Waals surface area contributed by atoms with Gasteiger partial charge in [0.15, 0.2) is 0 Å². The first-order valence-electron chi connectivity index (χ1n) is 4.08. The maximum absolute atomic E-state index is 10.7. The number of primary amides is 1. The number of carbonyl (C=O) groups excluding carboxylic acids is 1. The molecule has 13 heavy (non-hydrogen) atoms. The fourth-order valence-corrected chi connectivity index (χ4v) is 0.908. The lowest BCUT2D eigenvalue weighted by atomic mass is 10.3. The third-order valence-electron chi connectivity index (χ3n) is 1.71. The Labute approximate surface area is 77.2 Å². The second-order valence-electron chi connectivity index (χ2n) is 2.99. The molecule has 1 amide bonds. The molecule has 0 aliphatic carbocycles. The summed E-state index contributed by atoms with van der Waals surface area (Å²) in [5.41, 5.74) is 6.18. The summed E-state index contributed by atoms with van der Waals surface area (Å²) in [6.45, 7) is 3.66. The lowest BCUT2D eigenvalue weighted by molar-refractivity contribution is -0.118. The van der Waals surface area contributed by atoms with Crippen LogP contribution >= 0.6 is 0 Å². The van der Waals surface area contributed by atoms with Crippen molar-refractivity contribution in [3.63, 3.8) is 0 Å². The number of aryl methyl sites for hydroxylation is 1. The Balaban J connectivity index is 2.69. The van der Waals surface area contributed by atoms with Crippen LogP contribution in [0.2, 0.25) is 0 Å². The van der Waals surface area contributed by atoms with Gasteiger partial charge < -0.3 is 11.1 Å². The Hall–Kier alpha value is -1.58. The summed E-state index contributed by atoms with van der Waals surface area (Å²) >= 11 is 0. The lowest BCUT2D eigenvalue weighted by Gasteiger charge is -2.10. The predicted octanol–water partition coefficient (Wildman–Crippen LogP) is 0.676. The van der Waals surface area contributed by atoms with E-state index >= 15 is 0 Å². The quantitative estimate of drug-likeness (QED) is 0.716. The first-order chi connectivity index (χ1) is 6.09. The highest BCUT2D eigenvalue weighted by Gasteiger charge is 2.07. The first kappa shape index (κ1) is 9.51. The number of nitrogens with zero attached hydrogens (tertiary/aromatic N) is 1. The highest BCUT2D eigenvalue weighted by atomic mass is 16.1. The number of hydrogen-bond acceptors (Lipinski definition) is 3. The van der Waals surface area contributed by atoms with Gasteiger partial charge in [-0.3, -0.25) is 4.79 Å². The topological polar surface area (TPSA) is 68.0 Å². The van der Waals surface area contributed by atoms with Gasteiger partial charge in [-0.05, 0) is 31.5 Å². The van der Waals surface area contributed by atoms with E-state index < -0.39 is 6.04 Å². The van der Waals surface area contributed by atoms with Crippen molar-refractivity contribution in [2.45, 2.75) is 19.9 Å². The monoisotopic (exact) mass is 179 g/mol. The molecule has 0 aliphatic rings. The number of carbonyl (C=O) groups is 1. The van der Waals surface area contributed by atoms with Crippen molar-refractivity contribution in [3.8, 4) is 0 Å². The molecule has 0 bridgehead atoms. The van der Waals surface area contributed by atoms with Gasteiger partial charge >= 0.3 is 0 Å². The molecular weight excluding hydrogens is 166 g/mol. The number of nitrogens with one attached hydrogen (secondary N) is 1. The Morgan fingerprint density at radius 2 is 2.38 bits per heavy atom. The maximum atomic E-state index is 10.7. The summed E-state index contributed by atoms with van der Waals surface area (Å²) in [5, 5.41) is 2.90. The smallest absolute Gasteiger partial charge is 0.239 e. The molecule has 4 nitrogen and oxygen atoms in total. The molecule has 70 valence electrons. The fraction of sp³-hybridized carbons (Fsp3) is 0.333. The minimum absolute atomic E-state index is 0.386. The SMILES string of the molecule is Cc1ccnc(NC(C)C(N)=O)c1. The largest absolute Gasteiger partial charge is 0.368 e. The number of nitrogens with two attached hydrogens (primary N) is 1. The molecule has 3 N–H and O–H groups in total. The summed E-state index contributed by atoms with van der Waals surface area (Å²) in [6.07, 6.45) is 1.69. The molecule has 0 spiro atoms. The van der Waals surface area contributed by atoms with E-state index in [4.69, 9.17) is 5.73 Å². The summed E-state index contributed by atoms with van der Waals surface area (Å²) in [7, 11) is 0. The van der Waals surface area contributed by atoms with Gasteiger partial charge in [-0.2, -0.15) is 0 Å². The van der Waals surface area contributed by atoms with Crippen LogP contribution in [0.1, 0.15) is 12.5 Å². The second kappa shape index (κ2) is 3.89. The summed E-state index contributed by atoms with van der Waals surface area (Å²) in [4.78, 5) is 14.8. The van der Waals surface area contributed by atoms with E-state index in [1.165, 1.54) is 0 Å². The van der Waals surface area contributed by atoms with Crippen LogP contribution in [0.25, 0.3) is 0 Å². The van der Waals surface area contributed by atoms with Gasteiger partial charge in [0.25, 0.3) is 0 Å². The van der Waals surface area contributed by atoms with Crippen molar-refractivity contribution >= 4 is 11.7 Å². The fourth-order valence-electron chi connectivity index (χ4n) is 0.908. The van der Waals surface area contributed by atoms with Crippen LogP contribution in [-0.4, -0.2) is 16.9 Å². The van der Waals surface area contributed by atoms with Gasteiger partial charge in [-0.15, -0.1) is 0 Å². The molecule has 1 aromatic heterocycles. The van der Waals surface area contributed by atoms with Crippen LogP contribution in [0.3, 0.4) is 0 Å². The average molecular weight is 179 g/mol. The van der Waals surface area contributed by atoms with Crippen LogP contribution in [0.5, 0.6) is 0 Å². The molecular formula is C9H13N3O. The highest BCUT2D eigenvalue weighted by molar-refractivity contribution is 5.82. The Bertz CT molecular complexity index is 311. The number of pyridine rings is 1. The Kier molecular flexibility index (Phi) is 2.84. The van der Waals surface area contributed by atoms with E-state index in [0.29, 0.717) is 5.82 Å². The van der Waals surface area contributed by atoms with Crippen molar-refractivity contribution in [3.05, 3.63) is 23.9 Å². The van der Waals surface area contributed by atoms with Crippen LogP contribution in [0.15, 0.2) is 18.3 Å². The van der Waals surface area contributed by atoms with Crippen molar-refractivity contribution < 1.29 is 4.79 Å². The Morgan fingerprint density at radius 3 is 2.92 bits per heavy atom. The van der Waals surface area contributed by atoms with Crippen molar-refractivity contribution in [1.82, 2.24) is 4.98 Å². The zero-order valence-electron chi connectivity index (χ0n) is 7.74. The normalized spacial score (nSPS) is 12.2. The number of aromatic nitrogens is 1. The zero-order chi connectivity index (χ0) is 9.84. The minimum atomic E-state index is -0.394. The van der Waals surface area contributed by atoms with Gasteiger partial charge in [0.1, 0.15) is 11.9 Å². The first-order valence-corrected chi connectivity index (χ1v) is 4.08. The number of rotatable bonds is 3. The Morgan fingerprint density at radius 1 is 1.69 bits per heavy atom. The summed E-state index contributed by atoms with van der Waals surface area (Å²) in [6, 6.07) is 3.36. The number of anilines is 1. The summed E-state index contributed by atoms with van der Waals surface area (Å²) in [5.74, 6) is 0.287. The average Bonchev–Trinajstić information content (AvgIpc) is 2.04. The third-order valence-corrected chi connectivity index (χ3v) is 1.71. The van der Waals surface area contributed by atoms with E-state index in [1.807, 2.05) is 19.1 Å². The molecule has 0 saturated carbocycles. The van der Waals surface area contributed by atoms with Gasteiger partial charge in [-0.25, -0.2) is 4.98 Å². The van der Waals surface area contributed by atoms with E-state index in [0.717, 1.165) is 5.56 Å². The second-order valence-corrected chi connectivity index (χ2v) is 2.99. The van der Waals surface area contributed by atoms with E-state index in [2.05, 4.69) is 10.3 Å². The standard InChI is InChI=1S/C9H13N3O/c1-6-3-4-11-8(5-6)12-7(2)9(10)13/h3-5,7H,1-2H3,(H2,10,13)(H,11,12). The van der Waals surface area contributed by atoms with Crippen LogP contribution in [0, 0.1) is 6.92 Å². The molecule has 0 radical (unpaired) electrons. The summed E-state index contributed by atoms with van der Waals surface area (Å²) < 4.78 is 0. The number of amides is 1. The molecule has 4 heteroatoms. The molecule has 1 rings (SSSR count). The number of hydrogen-bond donors (Lipinski definition) is 2. The van der Waals surface area contributed by atoms with E-state index in [9.17, 15) is 4.79 Å². The predicted molar refractivity (Wildman–Crippen MR) is 51.3 cm³/mol. The third kappa shape index (κ3) is 2.74. The van der Waals surface area contributed by atoms with Crippen LogP contribution in [0.4, 0.5) is 5.82 Å². The molecule has 1 aromatic rings. The van der Waals surface area contributed by atoms with E-state index in [-0.39, 0.29) is 5.91 Å². The molecule has 0 aromatic carbocycles. The molecule has 0 aliphatic heterocycles. The van der Waals surface area contributed by atoms with Gasteiger partial charge in [0.2, 0.25) is 5.91 Å². The van der Waals surface area contributed by atoms with Crippen molar-refractivity contribution in [2.24, 2.45) is 5.73 Å². The maximum Gasteiger partial charge on any atom is 0.239 e.